The second-order valence-corrected chi connectivity index (χ2v) is 20.1. The first-order valence-electron chi connectivity index (χ1n) is 26.5. The third kappa shape index (κ3) is 16.5. The van der Waals surface area contributed by atoms with E-state index in [0.717, 1.165) is 116 Å². The van der Waals surface area contributed by atoms with Gasteiger partial charge in [0.05, 0.1) is 62.1 Å². The first-order chi connectivity index (χ1) is 35.5. The Morgan fingerprint density at radius 2 is 0.918 bits per heavy atom. The lowest BCUT2D eigenvalue weighted by Gasteiger charge is -2.30. The number of unbranched alkanes of at least 4 members (excludes halogenated alkanes) is 6. The van der Waals surface area contributed by atoms with E-state index in [4.69, 9.17) is 0 Å². The third-order valence-electron chi connectivity index (χ3n) is 13.8. The predicted molar refractivity (Wildman–Crippen MR) is 300 cm³/mol. The van der Waals surface area contributed by atoms with Crippen LogP contribution in [-0.4, -0.2) is 108 Å². The molecule has 0 aliphatic heterocycles. The predicted octanol–water partition coefficient (Wildman–Crippen LogP) is 10.1. The number of ketones is 2. The molecular formula is C61H79N10O2+3. The molecule has 2 heterocycles. The SMILES string of the molecule is CN(CCCCCC[n+]1ccc(/C=N/N(C)c2ccccc2)cc1)CCCNc1cccc2c1C(=O)c1c(NCCC[N+](C)(C)CCCCCC[n+]3ccc(/C=N/N(C)c4ccccc4)cc3)cccc1C2=O. The number of pyridine rings is 2. The number of nitrogens with one attached hydrogen (secondary N) is 2. The largest absolute Gasteiger partial charge is 0.384 e. The van der Waals surface area contributed by atoms with Crippen molar-refractivity contribution in [3.05, 3.63) is 179 Å². The van der Waals surface area contributed by atoms with E-state index in [-0.39, 0.29) is 11.6 Å². The normalized spacial score (nSPS) is 12.4. The van der Waals surface area contributed by atoms with Crippen molar-refractivity contribution in [2.45, 2.75) is 77.3 Å². The molecule has 382 valence electrons. The Balaban J connectivity index is 0.760. The van der Waals surface area contributed by atoms with Gasteiger partial charge in [-0.15, -0.1) is 0 Å². The van der Waals surface area contributed by atoms with Crippen molar-refractivity contribution in [1.29, 1.82) is 0 Å². The van der Waals surface area contributed by atoms with Crippen LogP contribution < -0.4 is 29.8 Å². The van der Waals surface area contributed by atoms with Crippen LogP contribution in [0.25, 0.3) is 0 Å². The fourth-order valence-electron chi connectivity index (χ4n) is 9.42. The van der Waals surface area contributed by atoms with E-state index < -0.39 is 0 Å². The van der Waals surface area contributed by atoms with Crippen molar-refractivity contribution in [3.63, 3.8) is 0 Å². The maximum atomic E-state index is 14.3. The highest BCUT2D eigenvalue weighted by atomic mass is 16.1. The maximum absolute atomic E-state index is 14.3. The number of aromatic nitrogens is 2. The summed E-state index contributed by atoms with van der Waals surface area (Å²) in [6, 6.07) is 40.0. The van der Waals surface area contributed by atoms with E-state index in [1.54, 1.807) is 12.1 Å². The molecule has 0 radical (unpaired) electrons. The average molecular weight is 984 g/mol. The molecule has 0 atom stereocenters. The molecule has 6 aromatic rings. The summed E-state index contributed by atoms with van der Waals surface area (Å²) >= 11 is 0. The molecule has 0 saturated carbocycles. The summed E-state index contributed by atoms with van der Waals surface area (Å²) in [6.45, 7) is 7.61. The number of rotatable bonds is 30. The number of nitrogens with zero attached hydrogens (tertiary/aromatic N) is 8. The Labute approximate surface area is 435 Å². The zero-order valence-corrected chi connectivity index (χ0v) is 44.1. The van der Waals surface area contributed by atoms with Crippen LogP contribution in [0, 0.1) is 0 Å². The van der Waals surface area contributed by atoms with Gasteiger partial charge in [-0.3, -0.25) is 19.6 Å². The van der Waals surface area contributed by atoms with Crippen molar-refractivity contribution in [3.8, 4) is 0 Å². The van der Waals surface area contributed by atoms with Gasteiger partial charge in [0.1, 0.15) is 13.1 Å². The van der Waals surface area contributed by atoms with E-state index in [1.807, 2.05) is 121 Å². The van der Waals surface area contributed by atoms with Crippen LogP contribution in [0.4, 0.5) is 22.7 Å². The molecule has 1 aliphatic carbocycles. The second-order valence-electron chi connectivity index (χ2n) is 20.1. The van der Waals surface area contributed by atoms with E-state index in [1.165, 1.54) is 32.1 Å². The van der Waals surface area contributed by atoms with Gasteiger partial charge in [0.15, 0.2) is 36.4 Å². The van der Waals surface area contributed by atoms with E-state index in [0.29, 0.717) is 28.8 Å². The molecule has 0 spiro atoms. The standard InChI is InChI=1S/C61H78N10O2/c1-66(38-16-6-7-17-40-69-42-32-50(33-43-69)48-64-67(2)52-24-12-10-13-25-52)39-22-36-62-56-30-20-28-54-58(56)61(73)59-55(60(54)72)29-21-31-57(59)63-37-23-47-71(4,5)46-19-9-8-18-41-70-44-34-51(35-45-70)49-65-68(3)53-26-14-11-15-27-53/h10-15,20-21,24-35,42-45,48-49H,6-9,16-19,22-23,36-41,46-47H2,1-5H3,(H-,62,63,73)/q+2/p+1. The van der Waals surface area contributed by atoms with Crippen molar-refractivity contribution in [2.75, 3.05) is 95.2 Å². The highest BCUT2D eigenvalue weighted by Crippen LogP contribution is 2.35. The molecular weight excluding hydrogens is 905 g/mol. The number of anilines is 4. The summed E-state index contributed by atoms with van der Waals surface area (Å²) in [7, 11) is 10.7. The van der Waals surface area contributed by atoms with E-state index in [2.05, 4.69) is 105 Å². The van der Waals surface area contributed by atoms with Gasteiger partial charge >= 0.3 is 0 Å². The Bertz CT molecular complexity index is 2710. The van der Waals surface area contributed by atoms with Gasteiger partial charge in [-0.25, -0.2) is 9.13 Å². The summed E-state index contributed by atoms with van der Waals surface area (Å²) < 4.78 is 5.45. The summed E-state index contributed by atoms with van der Waals surface area (Å²) in [4.78, 5) is 30.6. The lowest BCUT2D eigenvalue weighted by atomic mass is 9.82. The summed E-state index contributed by atoms with van der Waals surface area (Å²) in [5.74, 6) is -0.187. The fraction of sp³-hybridized carbons (Fsp3) is 0.377. The Morgan fingerprint density at radius 1 is 0.479 bits per heavy atom. The molecule has 12 heteroatoms. The second kappa shape index (κ2) is 27.7. The zero-order valence-electron chi connectivity index (χ0n) is 44.1. The molecule has 7 rings (SSSR count). The third-order valence-corrected chi connectivity index (χ3v) is 13.8. The number of quaternary nitrogens is 1. The molecule has 0 saturated heterocycles. The van der Waals surface area contributed by atoms with Crippen LogP contribution in [-0.2, 0) is 13.1 Å². The van der Waals surface area contributed by atoms with Gasteiger partial charge in [0, 0.05) is 104 Å². The monoisotopic (exact) mass is 984 g/mol. The average Bonchev–Trinajstić information content (AvgIpc) is 3.42. The van der Waals surface area contributed by atoms with Crippen molar-refractivity contribution < 1.29 is 23.2 Å². The molecule has 1 aliphatic rings. The smallest absolute Gasteiger partial charge is 0.198 e. The van der Waals surface area contributed by atoms with Crippen LogP contribution >= 0.6 is 0 Å². The van der Waals surface area contributed by atoms with Crippen molar-refractivity contribution in [2.24, 2.45) is 10.2 Å². The Hall–Kier alpha value is -7.02. The van der Waals surface area contributed by atoms with Crippen LogP contribution in [0.2, 0.25) is 0 Å². The number of hydrogen-bond acceptors (Lipinski definition) is 9. The molecule has 2 N–H and O–H groups in total. The number of carbonyl (C=O) groups excluding carboxylic acids is 2. The minimum atomic E-state index is -0.0936. The van der Waals surface area contributed by atoms with Gasteiger partial charge in [0.25, 0.3) is 0 Å². The molecule has 0 fully saturated rings. The maximum Gasteiger partial charge on any atom is 0.198 e. The summed E-state index contributed by atoms with van der Waals surface area (Å²) in [6.07, 6.45) is 23.7. The van der Waals surface area contributed by atoms with Gasteiger partial charge in [0.2, 0.25) is 0 Å². The van der Waals surface area contributed by atoms with Gasteiger partial charge < -0.3 is 20.0 Å². The molecule has 73 heavy (non-hydrogen) atoms. The lowest BCUT2D eigenvalue weighted by molar-refractivity contribution is -0.890. The van der Waals surface area contributed by atoms with Crippen LogP contribution in [0.1, 0.15) is 107 Å². The summed E-state index contributed by atoms with van der Waals surface area (Å²) in [5.41, 5.74) is 7.67. The molecule has 0 amide bonds. The number of hydrazone groups is 2. The van der Waals surface area contributed by atoms with Gasteiger partial charge in [-0.2, -0.15) is 10.2 Å². The zero-order chi connectivity index (χ0) is 51.3. The fourth-order valence-corrected chi connectivity index (χ4v) is 9.42. The topological polar surface area (TPSA) is 100 Å². The Morgan fingerprint density at radius 3 is 1.42 bits per heavy atom. The minimum Gasteiger partial charge on any atom is -0.384 e. The van der Waals surface area contributed by atoms with Crippen LogP contribution in [0.15, 0.2) is 156 Å². The molecule has 0 bridgehead atoms. The first kappa shape index (κ1) is 53.8. The molecule has 12 nitrogen and oxygen atoms in total. The highest BCUT2D eigenvalue weighted by molar-refractivity contribution is 6.31. The van der Waals surface area contributed by atoms with Crippen molar-refractivity contribution in [1.82, 2.24) is 4.90 Å². The first-order valence-corrected chi connectivity index (χ1v) is 26.5. The molecule has 4 aromatic carbocycles. The molecule has 0 unspecified atom stereocenters. The van der Waals surface area contributed by atoms with E-state index >= 15 is 0 Å². The number of carbonyl (C=O) groups is 2. The van der Waals surface area contributed by atoms with Crippen LogP contribution in [0.3, 0.4) is 0 Å². The Kier molecular flexibility index (Phi) is 20.4. The number of fused-ring (bicyclic) bond motifs is 2. The number of benzene rings is 4. The number of hydrogen-bond donors (Lipinski definition) is 2. The lowest BCUT2D eigenvalue weighted by Crippen LogP contribution is -2.41. The highest BCUT2D eigenvalue weighted by Gasteiger charge is 2.33. The summed E-state index contributed by atoms with van der Waals surface area (Å²) in [5, 5.41) is 20.0. The van der Waals surface area contributed by atoms with E-state index in [9.17, 15) is 9.59 Å². The quantitative estimate of drug-likeness (QED) is 0.0152. The van der Waals surface area contributed by atoms with Gasteiger partial charge in [-0.05, 0) is 95.1 Å². The van der Waals surface area contributed by atoms with Crippen LogP contribution in [0.5, 0.6) is 0 Å². The van der Waals surface area contributed by atoms with Gasteiger partial charge in [-0.1, -0.05) is 67.1 Å². The number of para-hydroxylation sites is 2. The van der Waals surface area contributed by atoms with Crippen molar-refractivity contribution >= 4 is 46.7 Å². The molecule has 2 aromatic heterocycles. The minimum absolute atomic E-state index is 0.0934. The number of aryl methyl sites for hydroxylation is 2.